The maximum atomic E-state index is 14.0. The molecule has 0 aromatic heterocycles. The molecule has 0 saturated carbocycles. The molecule has 220 valence electrons. The van der Waals surface area contributed by atoms with E-state index >= 15 is 0 Å². The Hall–Kier alpha value is -3.47. The minimum absolute atomic E-state index is 0.00436. The molecule has 0 spiro atoms. The number of methoxy groups -OCH3 is 2. The summed E-state index contributed by atoms with van der Waals surface area (Å²) >= 11 is 12.3. The second kappa shape index (κ2) is 14.4. The van der Waals surface area contributed by atoms with Gasteiger partial charge in [0, 0.05) is 19.2 Å². The van der Waals surface area contributed by atoms with Crippen molar-refractivity contribution in [2.45, 2.75) is 37.8 Å². The summed E-state index contributed by atoms with van der Waals surface area (Å²) in [6.07, 6.45) is 0.298. The smallest absolute Gasteiger partial charge is 0.264 e. The fourth-order valence-electron chi connectivity index (χ4n) is 4.27. The van der Waals surface area contributed by atoms with Crippen LogP contribution >= 0.6 is 23.2 Å². The number of ether oxygens (including phenoxy) is 2. The highest BCUT2D eigenvalue weighted by atomic mass is 35.5. The van der Waals surface area contributed by atoms with Crippen molar-refractivity contribution in [2.75, 3.05) is 31.6 Å². The van der Waals surface area contributed by atoms with Gasteiger partial charge in [0.15, 0.2) is 11.5 Å². The van der Waals surface area contributed by atoms with Gasteiger partial charge in [-0.2, -0.15) is 0 Å². The Bertz CT molecular complexity index is 1470. The highest BCUT2D eigenvalue weighted by Gasteiger charge is 2.34. The molecule has 3 aromatic carbocycles. The van der Waals surface area contributed by atoms with Gasteiger partial charge in [-0.05, 0) is 55.3 Å². The average Bonchev–Trinajstić information content (AvgIpc) is 2.97. The molecule has 0 heterocycles. The second-order valence-corrected chi connectivity index (χ2v) is 11.6. The van der Waals surface area contributed by atoms with Crippen LogP contribution in [0.5, 0.6) is 11.5 Å². The molecule has 0 fully saturated rings. The zero-order valence-corrected chi connectivity index (χ0v) is 25.6. The van der Waals surface area contributed by atoms with E-state index in [1.807, 2.05) is 0 Å². The number of nitrogens with zero attached hydrogens (tertiary/aromatic N) is 2. The number of rotatable bonds is 13. The van der Waals surface area contributed by atoms with E-state index in [9.17, 15) is 18.0 Å². The molecule has 0 aliphatic heterocycles. The number of carbonyl (C=O) groups is 2. The predicted octanol–water partition coefficient (Wildman–Crippen LogP) is 5.15. The first-order chi connectivity index (χ1) is 19.6. The topological polar surface area (TPSA) is 105 Å². The lowest BCUT2D eigenvalue weighted by Gasteiger charge is -2.33. The van der Waals surface area contributed by atoms with Crippen LogP contribution in [-0.2, 0) is 26.2 Å². The third-order valence-corrected chi connectivity index (χ3v) is 8.85. The lowest BCUT2D eigenvalue weighted by molar-refractivity contribution is -0.140. The van der Waals surface area contributed by atoms with Crippen LogP contribution < -0.4 is 19.1 Å². The number of sulfonamides is 1. The molecular weight excluding hydrogens is 589 g/mol. The van der Waals surface area contributed by atoms with Crippen LogP contribution in [0.25, 0.3) is 0 Å². The molecule has 1 N–H and O–H groups in total. The molecule has 0 aliphatic carbocycles. The molecule has 0 aliphatic rings. The summed E-state index contributed by atoms with van der Waals surface area (Å²) in [5, 5.41) is 3.41. The Morgan fingerprint density at radius 1 is 0.902 bits per heavy atom. The molecule has 2 amide bonds. The Morgan fingerprint density at radius 3 is 2.17 bits per heavy atom. The first-order valence-corrected chi connectivity index (χ1v) is 15.1. The number of likely N-dealkylation sites (N-methyl/N-ethyl adjacent to an activating group) is 1. The molecule has 3 rings (SSSR count). The molecule has 1 atom stereocenters. The largest absolute Gasteiger partial charge is 0.493 e. The third-order valence-electron chi connectivity index (χ3n) is 6.34. The van der Waals surface area contributed by atoms with E-state index in [0.29, 0.717) is 34.3 Å². The van der Waals surface area contributed by atoms with Crippen LogP contribution in [-0.4, -0.2) is 58.5 Å². The van der Waals surface area contributed by atoms with Crippen molar-refractivity contribution in [3.8, 4) is 11.5 Å². The van der Waals surface area contributed by atoms with Crippen molar-refractivity contribution in [3.63, 3.8) is 0 Å². The Balaban J connectivity index is 2.08. The van der Waals surface area contributed by atoms with Crippen molar-refractivity contribution in [1.82, 2.24) is 10.2 Å². The molecule has 3 aromatic rings. The summed E-state index contributed by atoms with van der Waals surface area (Å²) in [5.74, 6) is -0.356. The molecule has 12 heteroatoms. The molecule has 41 heavy (non-hydrogen) atoms. The van der Waals surface area contributed by atoms with E-state index < -0.39 is 28.5 Å². The summed E-state index contributed by atoms with van der Waals surface area (Å²) in [6, 6.07) is 16.5. The van der Waals surface area contributed by atoms with Gasteiger partial charge in [0.2, 0.25) is 11.8 Å². The number of benzene rings is 3. The van der Waals surface area contributed by atoms with Gasteiger partial charge in [-0.1, -0.05) is 54.4 Å². The van der Waals surface area contributed by atoms with Crippen molar-refractivity contribution in [1.29, 1.82) is 0 Å². The normalized spacial score (nSPS) is 11.9. The van der Waals surface area contributed by atoms with Crippen LogP contribution in [0.4, 0.5) is 5.69 Å². The number of nitrogens with one attached hydrogen (secondary N) is 1. The standard InChI is InChI=1S/C29H33Cl2N3O6S/c1-5-25(29(36)32-6-2)33(18-20-12-14-23(30)24(31)16-20)28(35)19-34(21-10-8-7-9-11-21)41(37,38)22-13-15-26(39-3)27(17-22)40-4/h7-17,25H,5-6,18-19H2,1-4H3,(H,32,36)/t25-/m0/s1. The lowest BCUT2D eigenvalue weighted by atomic mass is 10.1. The van der Waals surface area contributed by atoms with Gasteiger partial charge in [-0.3, -0.25) is 13.9 Å². The van der Waals surface area contributed by atoms with Crippen molar-refractivity contribution in [3.05, 3.63) is 82.3 Å². The summed E-state index contributed by atoms with van der Waals surface area (Å²) in [6.45, 7) is 3.36. The zero-order valence-electron chi connectivity index (χ0n) is 23.3. The molecule has 0 saturated heterocycles. The first kappa shape index (κ1) is 32.0. The van der Waals surface area contributed by atoms with Crippen LogP contribution in [0, 0.1) is 0 Å². The van der Waals surface area contributed by atoms with Gasteiger partial charge in [-0.15, -0.1) is 0 Å². The highest BCUT2D eigenvalue weighted by molar-refractivity contribution is 7.92. The molecule has 9 nitrogen and oxygen atoms in total. The summed E-state index contributed by atoms with van der Waals surface area (Å²) in [4.78, 5) is 28.3. The number of halogens is 2. The monoisotopic (exact) mass is 621 g/mol. The second-order valence-electron chi connectivity index (χ2n) is 8.95. The molecule has 0 bridgehead atoms. The van der Waals surface area contributed by atoms with Gasteiger partial charge in [0.1, 0.15) is 12.6 Å². The van der Waals surface area contributed by atoms with Gasteiger partial charge in [0.25, 0.3) is 10.0 Å². The van der Waals surface area contributed by atoms with Crippen LogP contribution in [0.2, 0.25) is 10.0 Å². The van der Waals surface area contributed by atoms with Crippen LogP contribution in [0.3, 0.4) is 0 Å². The SMILES string of the molecule is CCNC(=O)[C@H](CC)N(Cc1ccc(Cl)c(Cl)c1)C(=O)CN(c1ccccc1)S(=O)(=O)c1ccc(OC)c(OC)c1. The molecule has 0 unspecified atom stereocenters. The van der Waals surface area contributed by atoms with E-state index in [4.69, 9.17) is 32.7 Å². The zero-order chi connectivity index (χ0) is 30.2. The van der Waals surface area contributed by atoms with E-state index in [-0.39, 0.29) is 28.8 Å². The molecular formula is C29H33Cl2N3O6S. The maximum absolute atomic E-state index is 14.0. The van der Waals surface area contributed by atoms with Crippen molar-refractivity contribution in [2.24, 2.45) is 0 Å². The van der Waals surface area contributed by atoms with Crippen LogP contribution in [0.1, 0.15) is 25.8 Å². The minimum atomic E-state index is -4.28. The van der Waals surface area contributed by atoms with E-state index in [0.717, 1.165) is 4.31 Å². The van der Waals surface area contributed by atoms with Gasteiger partial charge < -0.3 is 19.7 Å². The maximum Gasteiger partial charge on any atom is 0.264 e. The summed E-state index contributed by atoms with van der Waals surface area (Å²) in [7, 11) is -1.43. The number of para-hydroxylation sites is 1. The lowest BCUT2D eigenvalue weighted by Crippen LogP contribution is -2.52. The van der Waals surface area contributed by atoms with E-state index in [1.165, 1.54) is 37.3 Å². The van der Waals surface area contributed by atoms with E-state index in [1.54, 1.807) is 62.4 Å². The average molecular weight is 623 g/mol. The van der Waals surface area contributed by atoms with Gasteiger partial charge in [-0.25, -0.2) is 8.42 Å². The Labute approximate surface area is 251 Å². The fraction of sp³-hybridized carbons (Fsp3) is 0.310. The predicted molar refractivity (Wildman–Crippen MR) is 160 cm³/mol. The van der Waals surface area contributed by atoms with Gasteiger partial charge in [0.05, 0.1) is 34.8 Å². The number of hydrogen-bond acceptors (Lipinski definition) is 6. The van der Waals surface area contributed by atoms with Crippen LogP contribution in [0.15, 0.2) is 71.6 Å². The number of anilines is 1. The number of carbonyl (C=O) groups excluding carboxylic acids is 2. The Kier molecular flexibility index (Phi) is 11.3. The van der Waals surface area contributed by atoms with Gasteiger partial charge >= 0.3 is 0 Å². The van der Waals surface area contributed by atoms with Crippen molar-refractivity contribution >= 4 is 50.7 Å². The summed E-state index contributed by atoms with van der Waals surface area (Å²) in [5.41, 5.74) is 0.903. The number of hydrogen-bond donors (Lipinski definition) is 1. The van der Waals surface area contributed by atoms with E-state index in [2.05, 4.69) is 5.32 Å². The molecule has 0 radical (unpaired) electrons. The highest BCUT2D eigenvalue weighted by Crippen LogP contribution is 2.32. The minimum Gasteiger partial charge on any atom is -0.493 e. The third kappa shape index (κ3) is 7.63. The summed E-state index contributed by atoms with van der Waals surface area (Å²) < 4.78 is 39.6. The quantitative estimate of drug-likeness (QED) is 0.283. The number of amides is 2. The first-order valence-electron chi connectivity index (χ1n) is 12.9. The fourth-order valence-corrected chi connectivity index (χ4v) is 6.02. The van der Waals surface area contributed by atoms with Crippen molar-refractivity contribution < 1.29 is 27.5 Å². The Morgan fingerprint density at radius 2 is 1.59 bits per heavy atom.